The number of pyridine rings is 1. The Morgan fingerprint density at radius 1 is 1.03 bits per heavy atom. The second-order valence-electron chi connectivity index (χ2n) is 7.36. The van der Waals surface area contributed by atoms with Gasteiger partial charge in [-0.15, -0.1) is 0 Å². The summed E-state index contributed by atoms with van der Waals surface area (Å²) in [5, 5.41) is 2.85. The first-order valence-corrected chi connectivity index (χ1v) is 10.5. The van der Waals surface area contributed by atoms with Gasteiger partial charge in [0.05, 0.1) is 37.0 Å². The molecule has 2 aromatic carbocycles. The maximum Gasteiger partial charge on any atom is 0.261 e. The van der Waals surface area contributed by atoms with Crippen LogP contribution < -0.4 is 14.8 Å². The Hall–Kier alpha value is -4.20. The number of hydrogen-bond acceptors (Lipinski definition) is 6. The van der Waals surface area contributed by atoms with Crippen molar-refractivity contribution in [1.82, 2.24) is 15.2 Å². The number of methoxy groups -OCH3 is 1. The third-order valence-corrected chi connectivity index (χ3v) is 5.30. The highest BCUT2D eigenvalue weighted by molar-refractivity contribution is 6.21. The van der Waals surface area contributed by atoms with Crippen LogP contribution in [0.2, 0.25) is 0 Å². The molecule has 1 aliphatic heterocycles. The maximum absolute atomic E-state index is 13.0. The van der Waals surface area contributed by atoms with Crippen molar-refractivity contribution in [2.45, 2.75) is 20.0 Å². The molecule has 8 heteroatoms. The van der Waals surface area contributed by atoms with Gasteiger partial charge in [-0.25, -0.2) is 4.98 Å². The van der Waals surface area contributed by atoms with Gasteiger partial charge in [-0.05, 0) is 42.8 Å². The summed E-state index contributed by atoms with van der Waals surface area (Å²) >= 11 is 0. The number of carbonyl (C=O) groups excluding carboxylic acids is 3. The smallest absolute Gasteiger partial charge is 0.261 e. The molecule has 0 unspecified atom stereocenters. The Kier molecular flexibility index (Phi) is 6.35. The van der Waals surface area contributed by atoms with Crippen LogP contribution in [0.15, 0.2) is 60.8 Å². The highest BCUT2D eigenvalue weighted by atomic mass is 16.5. The Labute approximate surface area is 191 Å². The lowest BCUT2D eigenvalue weighted by Crippen LogP contribution is -2.29. The second-order valence-corrected chi connectivity index (χ2v) is 7.36. The maximum atomic E-state index is 13.0. The van der Waals surface area contributed by atoms with Gasteiger partial charge >= 0.3 is 0 Å². The highest BCUT2D eigenvalue weighted by Crippen LogP contribution is 2.26. The zero-order valence-corrected chi connectivity index (χ0v) is 18.3. The number of hydrogen-bond donors (Lipinski definition) is 1. The van der Waals surface area contributed by atoms with Crippen LogP contribution in [-0.4, -0.2) is 41.3 Å². The number of ether oxygens (including phenoxy) is 2. The second kappa shape index (κ2) is 9.52. The standard InChI is InChI=1S/C25H23N3O5/c1-3-33-23-17(7-6-12-26-23)14-27-22(29)20-13-16(10-11-21(20)32-2)15-28-24(30)18-8-4-5-9-19(18)25(28)31/h4-13H,3,14-15H2,1-2H3,(H,27,29). The van der Waals surface area contributed by atoms with Crippen molar-refractivity contribution in [2.24, 2.45) is 0 Å². The summed E-state index contributed by atoms with van der Waals surface area (Å²) in [6.07, 6.45) is 1.63. The zero-order chi connectivity index (χ0) is 23.4. The van der Waals surface area contributed by atoms with Crippen molar-refractivity contribution in [2.75, 3.05) is 13.7 Å². The number of amides is 3. The van der Waals surface area contributed by atoms with E-state index in [-0.39, 0.29) is 30.8 Å². The van der Waals surface area contributed by atoms with E-state index in [1.165, 1.54) is 12.0 Å². The fourth-order valence-corrected chi connectivity index (χ4v) is 3.69. The molecule has 1 aromatic heterocycles. The van der Waals surface area contributed by atoms with Gasteiger partial charge in [-0.3, -0.25) is 19.3 Å². The van der Waals surface area contributed by atoms with E-state index in [2.05, 4.69) is 10.3 Å². The summed E-state index contributed by atoms with van der Waals surface area (Å²) in [4.78, 5) is 43.7. The first-order chi connectivity index (χ1) is 16.0. The number of nitrogens with zero attached hydrogens (tertiary/aromatic N) is 2. The minimum absolute atomic E-state index is 0.0493. The van der Waals surface area contributed by atoms with E-state index in [1.807, 2.05) is 13.0 Å². The van der Waals surface area contributed by atoms with Gasteiger partial charge in [0.15, 0.2) is 0 Å². The van der Waals surface area contributed by atoms with Crippen molar-refractivity contribution in [1.29, 1.82) is 0 Å². The van der Waals surface area contributed by atoms with Crippen LogP contribution in [0.5, 0.6) is 11.6 Å². The van der Waals surface area contributed by atoms with Gasteiger partial charge in [0.25, 0.3) is 17.7 Å². The van der Waals surface area contributed by atoms with E-state index in [4.69, 9.17) is 9.47 Å². The third-order valence-electron chi connectivity index (χ3n) is 5.30. The number of benzene rings is 2. The van der Waals surface area contributed by atoms with E-state index in [0.29, 0.717) is 40.5 Å². The lowest BCUT2D eigenvalue weighted by molar-refractivity contribution is 0.0642. The van der Waals surface area contributed by atoms with Gasteiger partial charge in [0, 0.05) is 18.3 Å². The van der Waals surface area contributed by atoms with Gasteiger partial charge in [0.2, 0.25) is 5.88 Å². The first-order valence-electron chi connectivity index (χ1n) is 10.5. The summed E-state index contributed by atoms with van der Waals surface area (Å²) in [6.45, 7) is 2.59. The number of aromatic nitrogens is 1. The number of imide groups is 1. The fourth-order valence-electron chi connectivity index (χ4n) is 3.69. The Balaban J connectivity index is 1.52. The zero-order valence-electron chi connectivity index (χ0n) is 18.3. The van der Waals surface area contributed by atoms with Crippen LogP contribution in [0, 0.1) is 0 Å². The molecule has 0 bridgehead atoms. The van der Waals surface area contributed by atoms with E-state index in [0.717, 1.165) is 5.56 Å². The molecule has 0 saturated heterocycles. The SMILES string of the molecule is CCOc1ncccc1CNC(=O)c1cc(CN2C(=O)c3ccccc3C2=O)ccc1OC. The molecule has 0 radical (unpaired) electrons. The topological polar surface area (TPSA) is 97.8 Å². The molecule has 3 aromatic rings. The highest BCUT2D eigenvalue weighted by Gasteiger charge is 2.35. The molecule has 33 heavy (non-hydrogen) atoms. The average Bonchev–Trinajstić information content (AvgIpc) is 3.08. The quantitative estimate of drug-likeness (QED) is 0.535. The lowest BCUT2D eigenvalue weighted by atomic mass is 10.1. The molecule has 168 valence electrons. The molecular formula is C25H23N3O5. The van der Waals surface area contributed by atoms with E-state index in [1.54, 1.807) is 54.7 Å². The monoisotopic (exact) mass is 445 g/mol. The minimum Gasteiger partial charge on any atom is -0.496 e. The molecule has 0 atom stereocenters. The predicted molar refractivity (Wildman–Crippen MR) is 120 cm³/mol. The molecule has 4 rings (SSSR count). The van der Waals surface area contributed by atoms with E-state index in [9.17, 15) is 14.4 Å². The van der Waals surface area contributed by atoms with Crippen LogP contribution in [0.4, 0.5) is 0 Å². The predicted octanol–water partition coefficient (Wildman–Crippen LogP) is 3.22. The first kappa shape index (κ1) is 22.0. The molecule has 0 fully saturated rings. The van der Waals surface area contributed by atoms with Crippen LogP contribution in [0.1, 0.15) is 49.1 Å². The summed E-state index contributed by atoms with van der Waals surface area (Å²) < 4.78 is 10.9. The Morgan fingerprint density at radius 3 is 2.42 bits per heavy atom. The van der Waals surface area contributed by atoms with E-state index < -0.39 is 0 Å². The molecule has 2 heterocycles. The Bertz CT molecular complexity index is 1190. The van der Waals surface area contributed by atoms with Crippen LogP contribution in [0.25, 0.3) is 0 Å². The van der Waals surface area contributed by atoms with Crippen molar-refractivity contribution in [3.63, 3.8) is 0 Å². The normalized spacial score (nSPS) is 12.5. The van der Waals surface area contributed by atoms with Crippen molar-refractivity contribution in [3.8, 4) is 11.6 Å². The van der Waals surface area contributed by atoms with E-state index >= 15 is 0 Å². The average molecular weight is 445 g/mol. The molecule has 3 amide bonds. The van der Waals surface area contributed by atoms with Gasteiger partial charge < -0.3 is 14.8 Å². The van der Waals surface area contributed by atoms with Crippen LogP contribution in [0.3, 0.4) is 0 Å². The number of rotatable bonds is 8. The number of nitrogens with one attached hydrogen (secondary N) is 1. The molecule has 1 aliphatic rings. The third kappa shape index (κ3) is 4.41. The minimum atomic E-state index is -0.359. The van der Waals surface area contributed by atoms with Gasteiger partial charge in [-0.2, -0.15) is 0 Å². The van der Waals surface area contributed by atoms with Crippen LogP contribution >= 0.6 is 0 Å². The van der Waals surface area contributed by atoms with Crippen molar-refractivity contribution in [3.05, 3.63) is 88.6 Å². The number of fused-ring (bicyclic) bond motifs is 1. The van der Waals surface area contributed by atoms with Gasteiger partial charge in [-0.1, -0.05) is 24.3 Å². The summed E-state index contributed by atoms with van der Waals surface area (Å²) in [7, 11) is 1.48. The molecule has 1 N–H and O–H groups in total. The lowest BCUT2D eigenvalue weighted by Gasteiger charge is -2.16. The summed E-state index contributed by atoms with van der Waals surface area (Å²) in [6, 6.07) is 15.3. The van der Waals surface area contributed by atoms with Crippen molar-refractivity contribution >= 4 is 17.7 Å². The Morgan fingerprint density at radius 2 is 1.76 bits per heavy atom. The fraction of sp³-hybridized carbons (Fsp3) is 0.200. The molecular weight excluding hydrogens is 422 g/mol. The number of carbonyl (C=O) groups is 3. The molecule has 8 nitrogen and oxygen atoms in total. The molecule has 0 aliphatic carbocycles. The van der Waals surface area contributed by atoms with Gasteiger partial charge in [0.1, 0.15) is 5.75 Å². The van der Waals surface area contributed by atoms with Crippen molar-refractivity contribution < 1.29 is 23.9 Å². The molecule has 0 spiro atoms. The molecule has 0 saturated carbocycles. The van der Waals surface area contributed by atoms with Crippen LogP contribution in [-0.2, 0) is 13.1 Å². The summed E-state index contributed by atoms with van der Waals surface area (Å²) in [5.41, 5.74) is 2.44. The summed E-state index contributed by atoms with van der Waals surface area (Å²) in [5.74, 6) is -0.210. The largest absolute Gasteiger partial charge is 0.496 e.